The van der Waals surface area contributed by atoms with Gasteiger partial charge in [-0.05, 0) is 59.0 Å². The fraction of sp³-hybridized carbons (Fsp3) is 0.125. The number of halogens is 1. The Kier molecular flexibility index (Phi) is 4.58. The average molecular weight is 424 g/mol. The molecule has 0 unspecified atom stereocenters. The Labute approximate surface area is 144 Å². The van der Waals surface area contributed by atoms with Gasteiger partial charge in [-0.2, -0.15) is 0 Å². The highest BCUT2D eigenvalue weighted by atomic mass is 127. The van der Waals surface area contributed by atoms with Crippen molar-refractivity contribution in [2.24, 2.45) is 0 Å². The average Bonchev–Trinajstić information content (AvgIpc) is 2.83. The third kappa shape index (κ3) is 3.38. The Bertz CT molecular complexity index is 868. The third-order valence-electron chi connectivity index (χ3n) is 3.26. The van der Waals surface area contributed by atoms with Gasteiger partial charge in [-0.25, -0.2) is 0 Å². The monoisotopic (exact) mass is 424 g/mol. The summed E-state index contributed by atoms with van der Waals surface area (Å²) >= 11 is 3.43. The summed E-state index contributed by atoms with van der Waals surface area (Å²) in [5.41, 5.74) is 1.66. The summed E-state index contributed by atoms with van der Waals surface area (Å²) in [6.45, 7) is 0.388. The second-order valence-electron chi connectivity index (χ2n) is 4.79. The molecule has 0 aliphatic carbocycles. The molecule has 2 aromatic carbocycles. The van der Waals surface area contributed by atoms with Gasteiger partial charge in [0, 0.05) is 22.2 Å². The van der Waals surface area contributed by atoms with Gasteiger partial charge in [0.15, 0.2) is 0 Å². The molecule has 4 nitrogen and oxygen atoms in total. The number of benzene rings is 2. The van der Waals surface area contributed by atoms with Crippen molar-refractivity contribution in [1.82, 2.24) is 4.57 Å². The molecule has 0 atom stereocenters. The first-order valence-corrected chi connectivity index (χ1v) is 8.67. The number of para-hydroxylation sites is 1. The molecule has 1 heterocycles. The molecule has 0 aliphatic heterocycles. The molecule has 0 aliphatic rings. The molecule has 1 N–H and O–H groups in total. The number of nitrogens with zero attached hydrogens (tertiary/aromatic N) is 1. The van der Waals surface area contributed by atoms with Crippen LogP contribution < -0.4 is 10.2 Å². The van der Waals surface area contributed by atoms with Crippen LogP contribution in [0.2, 0.25) is 0 Å². The van der Waals surface area contributed by atoms with Crippen molar-refractivity contribution in [2.45, 2.75) is 13.0 Å². The second kappa shape index (κ2) is 6.62. The zero-order chi connectivity index (χ0) is 15.5. The molecule has 0 saturated heterocycles. The quantitative estimate of drug-likeness (QED) is 0.650. The van der Waals surface area contributed by atoms with E-state index in [1.54, 1.807) is 4.57 Å². The van der Waals surface area contributed by atoms with Crippen LogP contribution in [0, 0.1) is 3.57 Å². The lowest BCUT2D eigenvalue weighted by Gasteiger charge is -2.06. The van der Waals surface area contributed by atoms with Crippen LogP contribution >= 0.6 is 33.9 Å². The van der Waals surface area contributed by atoms with Gasteiger partial charge < -0.3 is 5.32 Å². The summed E-state index contributed by atoms with van der Waals surface area (Å²) in [5.74, 6) is -0.0941. The maximum atomic E-state index is 12.0. The molecule has 1 aromatic heterocycles. The van der Waals surface area contributed by atoms with Crippen LogP contribution in [0.3, 0.4) is 0 Å². The van der Waals surface area contributed by atoms with Gasteiger partial charge in [0.05, 0.1) is 10.2 Å². The Morgan fingerprint density at radius 3 is 2.64 bits per heavy atom. The van der Waals surface area contributed by atoms with E-state index in [0.717, 1.165) is 19.5 Å². The summed E-state index contributed by atoms with van der Waals surface area (Å²) in [4.78, 5) is 24.0. The number of carbonyl (C=O) groups is 1. The molecule has 6 heteroatoms. The van der Waals surface area contributed by atoms with Crippen molar-refractivity contribution in [2.75, 3.05) is 5.32 Å². The number of hydrogen-bond acceptors (Lipinski definition) is 3. The summed E-state index contributed by atoms with van der Waals surface area (Å²) in [6.07, 6.45) is 0.270. The van der Waals surface area contributed by atoms with E-state index in [9.17, 15) is 9.59 Å². The van der Waals surface area contributed by atoms with Crippen molar-refractivity contribution in [3.63, 3.8) is 0 Å². The molecule has 22 heavy (non-hydrogen) atoms. The molecule has 0 saturated carbocycles. The van der Waals surface area contributed by atoms with Gasteiger partial charge in [0.1, 0.15) is 0 Å². The number of fused-ring (bicyclic) bond motifs is 1. The summed E-state index contributed by atoms with van der Waals surface area (Å²) < 4.78 is 3.73. The highest BCUT2D eigenvalue weighted by molar-refractivity contribution is 14.1. The number of nitrogens with one attached hydrogen (secondary N) is 1. The zero-order valence-corrected chi connectivity index (χ0v) is 14.6. The molecule has 0 fully saturated rings. The van der Waals surface area contributed by atoms with E-state index < -0.39 is 0 Å². The van der Waals surface area contributed by atoms with E-state index >= 15 is 0 Å². The number of amides is 1. The van der Waals surface area contributed by atoms with Gasteiger partial charge in [0.2, 0.25) is 5.91 Å². The lowest BCUT2D eigenvalue weighted by molar-refractivity contribution is -0.116. The lowest BCUT2D eigenvalue weighted by Crippen LogP contribution is -2.19. The van der Waals surface area contributed by atoms with Crippen LogP contribution in [0.25, 0.3) is 10.2 Å². The minimum Gasteiger partial charge on any atom is -0.326 e. The minimum absolute atomic E-state index is 0.0248. The number of aryl methyl sites for hydroxylation is 1. The SMILES string of the molecule is O=C(CCn1c(=O)sc2ccccc21)Nc1ccc(I)cc1. The summed E-state index contributed by atoms with van der Waals surface area (Å²) in [5, 5.41) is 2.84. The van der Waals surface area contributed by atoms with Gasteiger partial charge >= 0.3 is 4.87 Å². The van der Waals surface area contributed by atoms with E-state index in [2.05, 4.69) is 27.9 Å². The first kappa shape index (κ1) is 15.2. The Morgan fingerprint density at radius 1 is 1.14 bits per heavy atom. The predicted molar refractivity (Wildman–Crippen MR) is 98.5 cm³/mol. The molecule has 0 spiro atoms. The van der Waals surface area contributed by atoms with E-state index in [1.807, 2.05) is 48.5 Å². The summed E-state index contributed by atoms with van der Waals surface area (Å²) in [6, 6.07) is 15.2. The van der Waals surface area contributed by atoms with E-state index in [-0.39, 0.29) is 17.2 Å². The fourth-order valence-electron chi connectivity index (χ4n) is 2.20. The van der Waals surface area contributed by atoms with Crippen molar-refractivity contribution in [3.05, 3.63) is 61.8 Å². The number of rotatable bonds is 4. The zero-order valence-electron chi connectivity index (χ0n) is 11.6. The molecule has 0 radical (unpaired) electrons. The topological polar surface area (TPSA) is 51.1 Å². The van der Waals surface area contributed by atoms with Gasteiger partial charge in [-0.3, -0.25) is 14.2 Å². The minimum atomic E-state index is -0.0941. The van der Waals surface area contributed by atoms with Crippen molar-refractivity contribution >= 4 is 55.7 Å². The number of aromatic nitrogens is 1. The summed E-state index contributed by atoms with van der Waals surface area (Å²) in [7, 11) is 0. The normalized spacial score (nSPS) is 10.8. The molecule has 3 aromatic rings. The fourth-order valence-corrected chi connectivity index (χ4v) is 3.47. The van der Waals surface area contributed by atoms with E-state index in [1.165, 1.54) is 11.3 Å². The molecule has 112 valence electrons. The maximum Gasteiger partial charge on any atom is 0.308 e. The lowest BCUT2D eigenvalue weighted by atomic mass is 10.3. The predicted octanol–water partition coefficient (Wildman–Crippen LogP) is 3.70. The number of thiazole rings is 1. The van der Waals surface area contributed by atoms with Crippen LogP contribution in [0.1, 0.15) is 6.42 Å². The molecular weight excluding hydrogens is 411 g/mol. The van der Waals surface area contributed by atoms with Gasteiger partial charge in [0.25, 0.3) is 0 Å². The maximum absolute atomic E-state index is 12.0. The number of carbonyl (C=O) groups excluding carboxylic acids is 1. The van der Waals surface area contributed by atoms with Crippen LogP contribution in [-0.4, -0.2) is 10.5 Å². The van der Waals surface area contributed by atoms with E-state index in [4.69, 9.17) is 0 Å². The van der Waals surface area contributed by atoms with E-state index in [0.29, 0.717) is 6.54 Å². The standard InChI is InChI=1S/C16H13IN2O2S/c17-11-5-7-12(8-6-11)18-15(20)9-10-19-13-3-1-2-4-14(13)22-16(19)21/h1-8H,9-10H2,(H,18,20). The highest BCUT2D eigenvalue weighted by Gasteiger charge is 2.09. The van der Waals surface area contributed by atoms with Crippen LogP contribution in [0.4, 0.5) is 5.69 Å². The van der Waals surface area contributed by atoms with Crippen molar-refractivity contribution in [3.8, 4) is 0 Å². The third-order valence-corrected chi connectivity index (χ3v) is 4.94. The van der Waals surface area contributed by atoms with Crippen LogP contribution in [-0.2, 0) is 11.3 Å². The first-order valence-electron chi connectivity index (χ1n) is 6.77. The first-order chi connectivity index (χ1) is 10.6. The highest BCUT2D eigenvalue weighted by Crippen LogP contribution is 2.17. The second-order valence-corrected chi connectivity index (χ2v) is 7.03. The molecule has 3 rings (SSSR count). The van der Waals surface area contributed by atoms with Crippen molar-refractivity contribution < 1.29 is 4.79 Å². The molecular formula is C16H13IN2O2S. The Morgan fingerprint density at radius 2 is 1.86 bits per heavy atom. The Hall–Kier alpha value is -1.67. The smallest absolute Gasteiger partial charge is 0.308 e. The Balaban J connectivity index is 1.68. The largest absolute Gasteiger partial charge is 0.326 e. The molecule has 0 bridgehead atoms. The van der Waals surface area contributed by atoms with Gasteiger partial charge in [-0.1, -0.05) is 23.5 Å². The van der Waals surface area contributed by atoms with Crippen LogP contribution in [0.15, 0.2) is 53.3 Å². The number of anilines is 1. The van der Waals surface area contributed by atoms with Crippen molar-refractivity contribution in [1.29, 1.82) is 0 Å². The van der Waals surface area contributed by atoms with Gasteiger partial charge in [-0.15, -0.1) is 0 Å². The van der Waals surface area contributed by atoms with Crippen LogP contribution in [0.5, 0.6) is 0 Å². The number of hydrogen-bond donors (Lipinski definition) is 1. The molecule has 1 amide bonds.